The summed E-state index contributed by atoms with van der Waals surface area (Å²) in [5.41, 5.74) is 8.90. The molecule has 4 heteroatoms. The van der Waals surface area contributed by atoms with Gasteiger partial charge in [0.1, 0.15) is 0 Å². The van der Waals surface area contributed by atoms with Crippen LogP contribution in [0.1, 0.15) is 23.6 Å². The third kappa shape index (κ3) is 2.76. The van der Waals surface area contributed by atoms with E-state index < -0.39 is 0 Å². The molecule has 1 unspecified atom stereocenters. The second-order valence-electron chi connectivity index (χ2n) is 5.39. The summed E-state index contributed by atoms with van der Waals surface area (Å²) < 4.78 is 2.13. The highest BCUT2D eigenvalue weighted by Gasteiger charge is 2.25. The zero-order valence-electron chi connectivity index (χ0n) is 11.8. The van der Waals surface area contributed by atoms with Crippen LogP contribution in [0.15, 0.2) is 43.0 Å². The van der Waals surface area contributed by atoms with Gasteiger partial charge in [-0.1, -0.05) is 24.3 Å². The maximum absolute atomic E-state index is 6.02. The molecule has 4 nitrogen and oxygen atoms in total. The van der Waals surface area contributed by atoms with Crippen molar-refractivity contribution in [2.75, 3.05) is 19.6 Å². The zero-order valence-corrected chi connectivity index (χ0v) is 11.8. The first kappa shape index (κ1) is 13.3. The fourth-order valence-corrected chi connectivity index (χ4v) is 3.12. The number of rotatable bonds is 5. The quantitative estimate of drug-likeness (QED) is 0.901. The van der Waals surface area contributed by atoms with E-state index in [0.29, 0.717) is 12.6 Å². The number of aryl methyl sites for hydroxylation is 1. The molecule has 0 spiro atoms. The van der Waals surface area contributed by atoms with Gasteiger partial charge in [-0.25, -0.2) is 4.98 Å². The standard InChI is InChI=1S/C16H22N4/c17-12-16-15-5-2-1-4-14(15)6-10-20(16)9-3-8-19-11-7-18-13-19/h1-2,4-5,7,11,13,16H,3,6,8-10,12,17H2. The van der Waals surface area contributed by atoms with E-state index in [9.17, 15) is 0 Å². The smallest absolute Gasteiger partial charge is 0.0945 e. The van der Waals surface area contributed by atoms with Gasteiger partial charge in [0.2, 0.25) is 0 Å². The minimum Gasteiger partial charge on any atom is -0.337 e. The minimum absolute atomic E-state index is 0.378. The summed E-state index contributed by atoms with van der Waals surface area (Å²) in [6, 6.07) is 9.09. The Balaban J connectivity index is 1.62. The fourth-order valence-electron chi connectivity index (χ4n) is 3.12. The van der Waals surface area contributed by atoms with Crippen LogP contribution in [-0.4, -0.2) is 34.1 Å². The number of fused-ring (bicyclic) bond motifs is 1. The van der Waals surface area contributed by atoms with E-state index >= 15 is 0 Å². The molecule has 2 aromatic rings. The lowest BCUT2D eigenvalue weighted by Gasteiger charge is -2.36. The molecule has 0 fully saturated rings. The Hall–Kier alpha value is -1.65. The molecule has 1 aliphatic heterocycles. The fraction of sp³-hybridized carbons (Fsp3) is 0.438. The van der Waals surface area contributed by atoms with Gasteiger partial charge >= 0.3 is 0 Å². The van der Waals surface area contributed by atoms with E-state index in [1.54, 1.807) is 0 Å². The third-order valence-electron chi connectivity index (χ3n) is 4.17. The maximum atomic E-state index is 6.02. The monoisotopic (exact) mass is 270 g/mol. The number of nitrogens with two attached hydrogens (primary N) is 1. The number of benzene rings is 1. The summed E-state index contributed by atoms with van der Waals surface area (Å²) in [6.45, 7) is 3.93. The van der Waals surface area contributed by atoms with Crippen LogP contribution in [0, 0.1) is 0 Å². The average Bonchev–Trinajstić information content (AvgIpc) is 3.00. The molecule has 0 bridgehead atoms. The Bertz CT molecular complexity index is 535. The SMILES string of the molecule is NCC1c2ccccc2CCN1CCCn1ccnc1. The average molecular weight is 270 g/mol. The summed E-state index contributed by atoms with van der Waals surface area (Å²) in [4.78, 5) is 6.60. The van der Waals surface area contributed by atoms with Crippen LogP contribution in [0.2, 0.25) is 0 Å². The van der Waals surface area contributed by atoms with Crippen molar-refractivity contribution in [1.82, 2.24) is 14.5 Å². The van der Waals surface area contributed by atoms with Gasteiger partial charge in [-0.05, 0) is 24.0 Å². The van der Waals surface area contributed by atoms with Crippen molar-refractivity contribution in [3.8, 4) is 0 Å². The number of hydrogen-bond donors (Lipinski definition) is 1. The van der Waals surface area contributed by atoms with Gasteiger partial charge in [-0.2, -0.15) is 0 Å². The Morgan fingerprint density at radius 1 is 1.25 bits per heavy atom. The first-order valence-electron chi connectivity index (χ1n) is 7.36. The summed E-state index contributed by atoms with van der Waals surface area (Å²) in [5, 5.41) is 0. The second kappa shape index (κ2) is 6.20. The molecule has 1 atom stereocenters. The molecule has 1 aromatic heterocycles. The van der Waals surface area contributed by atoms with Gasteiger partial charge < -0.3 is 10.3 Å². The molecule has 0 saturated heterocycles. The van der Waals surface area contributed by atoms with E-state index in [0.717, 1.165) is 32.5 Å². The van der Waals surface area contributed by atoms with Crippen LogP contribution < -0.4 is 5.73 Å². The highest BCUT2D eigenvalue weighted by atomic mass is 15.2. The normalized spacial score (nSPS) is 18.9. The van der Waals surface area contributed by atoms with Crippen molar-refractivity contribution in [1.29, 1.82) is 0 Å². The van der Waals surface area contributed by atoms with Crippen molar-refractivity contribution in [3.05, 3.63) is 54.1 Å². The molecule has 106 valence electrons. The highest BCUT2D eigenvalue weighted by Crippen LogP contribution is 2.28. The first-order chi connectivity index (χ1) is 9.88. The van der Waals surface area contributed by atoms with Crippen LogP contribution in [0.4, 0.5) is 0 Å². The first-order valence-corrected chi connectivity index (χ1v) is 7.36. The Morgan fingerprint density at radius 2 is 2.15 bits per heavy atom. The number of nitrogens with zero attached hydrogens (tertiary/aromatic N) is 3. The molecule has 3 rings (SSSR count). The highest BCUT2D eigenvalue weighted by molar-refractivity contribution is 5.32. The number of imidazole rings is 1. The molecular formula is C16H22N4. The molecule has 0 radical (unpaired) electrons. The maximum Gasteiger partial charge on any atom is 0.0945 e. The van der Waals surface area contributed by atoms with Gasteiger partial charge in [0.25, 0.3) is 0 Å². The van der Waals surface area contributed by atoms with E-state index in [2.05, 4.69) is 38.7 Å². The molecule has 1 aromatic carbocycles. The van der Waals surface area contributed by atoms with E-state index in [-0.39, 0.29) is 0 Å². The Kier molecular flexibility index (Phi) is 4.14. The van der Waals surface area contributed by atoms with Crippen LogP contribution >= 0.6 is 0 Å². The van der Waals surface area contributed by atoms with Crippen LogP contribution in [0.3, 0.4) is 0 Å². The topological polar surface area (TPSA) is 47.1 Å². The minimum atomic E-state index is 0.378. The summed E-state index contributed by atoms with van der Waals surface area (Å²) >= 11 is 0. The second-order valence-corrected chi connectivity index (χ2v) is 5.39. The molecule has 2 N–H and O–H groups in total. The van der Waals surface area contributed by atoms with E-state index in [4.69, 9.17) is 5.73 Å². The van der Waals surface area contributed by atoms with E-state index in [1.165, 1.54) is 11.1 Å². The van der Waals surface area contributed by atoms with Gasteiger partial charge in [-0.15, -0.1) is 0 Å². The van der Waals surface area contributed by atoms with Crippen molar-refractivity contribution in [2.24, 2.45) is 5.73 Å². The predicted octanol–water partition coefficient (Wildman–Crippen LogP) is 1.83. The number of aromatic nitrogens is 2. The molecule has 0 saturated carbocycles. The van der Waals surface area contributed by atoms with Crippen molar-refractivity contribution >= 4 is 0 Å². The summed E-state index contributed by atoms with van der Waals surface area (Å²) in [6.07, 6.45) is 8.00. The Morgan fingerprint density at radius 3 is 2.95 bits per heavy atom. The van der Waals surface area contributed by atoms with Crippen LogP contribution in [0.25, 0.3) is 0 Å². The third-order valence-corrected chi connectivity index (χ3v) is 4.17. The molecule has 0 amide bonds. The lowest BCUT2D eigenvalue weighted by molar-refractivity contribution is 0.184. The van der Waals surface area contributed by atoms with Gasteiger partial charge in [0.05, 0.1) is 6.33 Å². The van der Waals surface area contributed by atoms with E-state index in [1.807, 2.05) is 18.7 Å². The molecule has 2 heterocycles. The van der Waals surface area contributed by atoms with Gasteiger partial charge in [0.15, 0.2) is 0 Å². The van der Waals surface area contributed by atoms with Gasteiger partial charge in [-0.3, -0.25) is 4.90 Å². The molecular weight excluding hydrogens is 248 g/mol. The zero-order chi connectivity index (χ0) is 13.8. The van der Waals surface area contributed by atoms with Crippen molar-refractivity contribution in [2.45, 2.75) is 25.4 Å². The lowest BCUT2D eigenvalue weighted by Crippen LogP contribution is -2.40. The lowest BCUT2D eigenvalue weighted by atomic mass is 9.92. The Labute approximate surface area is 120 Å². The molecule has 0 aliphatic carbocycles. The van der Waals surface area contributed by atoms with Crippen LogP contribution in [0.5, 0.6) is 0 Å². The van der Waals surface area contributed by atoms with Crippen molar-refractivity contribution in [3.63, 3.8) is 0 Å². The largest absolute Gasteiger partial charge is 0.337 e. The number of hydrogen-bond acceptors (Lipinski definition) is 3. The molecule has 1 aliphatic rings. The van der Waals surface area contributed by atoms with Crippen LogP contribution in [-0.2, 0) is 13.0 Å². The van der Waals surface area contributed by atoms with Gasteiger partial charge in [0, 0.05) is 44.6 Å². The predicted molar refractivity (Wildman–Crippen MR) is 80.4 cm³/mol. The van der Waals surface area contributed by atoms with Crippen molar-refractivity contribution < 1.29 is 0 Å². The summed E-state index contributed by atoms with van der Waals surface area (Å²) in [5.74, 6) is 0. The summed E-state index contributed by atoms with van der Waals surface area (Å²) in [7, 11) is 0. The molecule has 20 heavy (non-hydrogen) atoms.